The van der Waals surface area contributed by atoms with Crippen LogP contribution in [-0.4, -0.2) is 24.5 Å². The minimum absolute atomic E-state index is 0.00720. The second kappa shape index (κ2) is 8.31. The van der Waals surface area contributed by atoms with Crippen LogP contribution in [0.3, 0.4) is 0 Å². The van der Waals surface area contributed by atoms with E-state index in [-0.39, 0.29) is 23.7 Å². The van der Waals surface area contributed by atoms with E-state index in [1.165, 1.54) is 12.1 Å². The molecule has 0 radical (unpaired) electrons. The molecule has 1 aromatic rings. The Kier molecular flexibility index (Phi) is 7.06. The molecule has 0 saturated heterocycles. The fraction of sp³-hybridized carbons (Fsp3) is 0.429. The van der Waals surface area contributed by atoms with Crippen molar-refractivity contribution in [2.45, 2.75) is 32.9 Å². The van der Waals surface area contributed by atoms with Gasteiger partial charge in [0.25, 0.3) is 5.91 Å². The Labute approximate surface area is 138 Å². The Balaban J connectivity index is 2.56. The molecule has 0 spiro atoms. The van der Waals surface area contributed by atoms with Gasteiger partial charge in [-0.3, -0.25) is 10.1 Å². The zero-order valence-electron chi connectivity index (χ0n) is 12.5. The molecule has 3 amide bonds. The Morgan fingerprint density at radius 2 is 1.86 bits per heavy atom. The quantitative estimate of drug-likeness (QED) is 0.710. The van der Waals surface area contributed by atoms with Gasteiger partial charge in [-0.1, -0.05) is 23.2 Å². The zero-order valence-corrected chi connectivity index (χ0v) is 14.1. The van der Waals surface area contributed by atoms with E-state index in [2.05, 4.69) is 10.6 Å². The van der Waals surface area contributed by atoms with Crippen LogP contribution in [0, 0.1) is 5.82 Å². The van der Waals surface area contributed by atoms with E-state index in [0.717, 1.165) is 0 Å². The maximum absolute atomic E-state index is 13.5. The van der Waals surface area contributed by atoms with Gasteiger partial charge in [-0.05, 0) is 32.9 Å². The molecule has 1 aromatic carbocycles. The van der Waals surface area contributed by atoms with Gasteiger partial charge < -0.3 is 10.6 Å². The third-order valence-electron chi connectivity index (χ3n) is 2.86. The number of hydrogen-bond donors (Lipinski definition) is 3. The summed E-state index contributed by atoms with van der Waals surface area (Å²) in [6, 6.07) is 1.70. The van der Waals surface area contributed by atoms with E-state index in [0.29, 0.717) is 10.6 Å². The number of imide groups is 1. The van der Waals surface area contributed by atoms with Crippen LogP contribution >= 0.6 is 23.2 Å². The lowest BCUT2D eigenvalue weighted by atomic mass is 10.1. The monoisotopic (exact) mass is 350 g/mol. The molecule has 0 unspecified atom stereocenters. The van der Waals surface area contributed by atoms with Crippen LogP contribution in [0.5, 0.6) is 0 Å². The van der Waals surface area contributed by atoms with Crippen LogP contribution < -0.4 is 16.0 Å². The number of carbonyl (C=O) groups excluding carboxylic acids is 2. The van der Waals surface area contributed by atoms with E-state index < -0.39 is 17.8 Å². The van der Waals surface area contributed by atoms with E-state index in [9.17, 15) is 14.0 Å². The molecule has 122 valence electrons. The van der Waals surface area contributed by atoms with Crippen LogP contribution in [0.4, 0.5) is 9.18 Å². The summed E-state index contributed by atoms with van der Waals surface area (Å²) >= 11 is 11.7. The minimum Gasteiger partial charge on any atom is -0.336 e. The first kappa shape index (κ1) is 18.7. The van der Waals surface area contributed by atoms with Crippen molar-refractivity contribution in [3.05, 3.63) is 33.6 Å². The first-order chi connectivity index (χ1) is 10.2. The maximum Gasteiger partial charge on any atom is 0.321 e. The molecular weight excluding hydrogens is 332 g/mol. The van der Waals surface area contributed by atoms with Crippen molar-refractivity contribution in [1.29, 1.82) is 0 Å². The van der Waals surface area contributed by atoms with Gasteiger partial charge in [0, 0.05) is 11.6 Å². The first-order valence-electron chi connectivity index (χ1n) is 6.78. The van der Waals surface area contributed by atoms with Crippen molar-refractivity contribution in [3.63, 3.8) is 0 Å². The highest BCUT2D eigenvalue weighted by Gasteiger charge is 2.18. The first-order valence-corrected chi connectivity index (χ1v) is 7.54. The van der Waals surface area contributed by atoms with Crippen molar-refractivity contribution in [2.75, 3.05) is 6.54 Å². The molecule has 0 aliphatic rings. The fourth-order valence-corrected chi connectivity index (χ4v) is 2.33. The molecular formula is C14H19Cl2FN3O2+. The Morgan fingerprint density at radius 3 is 2.45 bits per heavy atom. The highest BCUT2D eigenvalue weighted by Crippen LogP contribution is 2.27. The molecule has 0 bridgehead atoms. The topological polar surface area (TPSA) is 74.8 Å². The molecule has 22 heavy (non-hydrogen) atoms. The number of halogens is 3. The van der Waals surface area contributed by atoms with Crippen molar-refractivity contribution in [3.8, 4) is 0 Å². The number of carbonyl (C=O) groups is 2. The minimum atomic E-state index is -0.568. The molecule has 0 aliphatic heterocycles. The number of urea groups is 1. The van der Waals surface area contributed by atoms with E-state index in [4.69, 9.17) is 23.2 Å². The summed E-state index contributed by atoms with van der Waals surface area (Å²) in [5, 5.41) is 6.67. The lowest BCUT2D eigenvalue weighted by Crippen LogP contribution is -2.87. The molecule has 0 heterocycles. The Hall–Kier alpha value is -1.37. The summed E-state index contributed by atoms with van der Waals surface area (Å²) in [5.41, 5.74) is 0.531. The van der Waals surface area contributed by atoms with Gasteiger partial charge in [0.05, 0.1) is 10.0 Å². The summed E-state index contributed by atoms with van der Waals surface area (Å²) in [6.07, 6.45) is 0. The zero-order chi connectivity index (χ0) is 16.9. The molecule has 0 fully saturated rings. The van der Waals surface area contributed by atoms with Crippen molar-refractivity contribution >= 4 is 35.1 Å². The number of nitrogens with one attached hydrogen (secondary N) is 2. The SMILES string of the molecule is CC(C)NC(=O)NC(=O)C[NH2+][C@@H](C)c1cc(F)c(Cl)cc1Cl. The van der Waals surface area contributed by atoms with Gasteiger partial charge in [0.15, 0.2) is 6.54 Å². The summed E-state index contributed by atoms with van der Waals surface area (Å²) < 4.78 is 13.5. The van der Waals surface area contributed by atoms with Crippen LogP contribution in [-0.2, 0) is 4.79 Å². The maximum atomic E-state index is 13.5. The van der Waals surface area contributed by atoms with Gasteiger partial charge in [0.1, 0.15) is 11.9 Å². The smallest absolute Gasteiger partial charge is 0.321 e. The second-order valence-electron chi connectivity index (χ2n) is 5.19. The number of nitrogens with two attached hydrogens (primary N) is 1. The average molecular weight is 351 g/mol. The molecule has 5 nitrogen and oxygen atoms in total. The predicted molar refractivity (Wildman–Crippen MR) is 83.4 cm³/mol. The predicted octanol–water partition coefficient (Wildman–Crippen LogP) is 1.99. The van der Waals surface area contributed by atoms with Gasteiger partial charge in [-0.15, -0.1) is 0 Å². The van der Waals surface area contributed by atoms with Crippen LogP contribution in [0.25, 0.3) is 0 Å². The molecule has 0 aromatic heterocycles. The second-order valence-corrected chi connectivity index (χ2v) is 6.01. The van der Waals surface area contributed by atoms with Crippen LogP contribution in [0.15, 0.2) is 12.1 Å². The lowest BCUT2D eigenvalue weighted by molar-refractivity contribution is -0.682. The summed E-state index contributed by atoms with van der Waals surface area (Å²) in [5.74, 6) is -1.02. The number of benzene rings is 1. The van der Waals surface area contributed by atoms with E-state index >= 15 is 0 Å². The summed E-state index contributed by atoms with van der Waals surface area (Å²) in [6.45, 7) is 5.36. The normalized spacial score (nSPS) is 12.1. The Morgan fingerprint density at radius 1 is 1.23 bits per heavy atom. The standard InChI is InChI=1S/C14H18Cl2FN3O2/c1-7(2)19-14(22)20-13(21)6-18-8(3)9-4-12(17)11(16)5-10(9)15/h4-5,7-8,18H,6H2,1-3H3,(H2,19,20,21,22)/p+1/t8-/m0/s1. The number of rotatable bonds is 5. The van der Waals surface area contributed by atoms with Gasteiger partial charge >= 0.3 is 6.03 Å². The van der Waals surface area contributed by atoms with Crippen LogP contribution in [0.2, 0.25) is 10.0 Å². The van der Waals surface area contributed by atoms with Crippen molar-refractivity contribution in [2.24, 2.45) is 0 Å². The van der Waals surface area contributed by atoms with E-state index in [1.807, 2.05) is 0 Å². The number of amides is 3. The number of hydrogen-bond acceptors (Lipinski definition) is 2. The molecule has 1 atom stereocenters. The van der Waals surface area contributed by atoms with E-state index in [1.54, 1.807) is 26.1 Å². The molecule has 1 rings (SSSR count). The van der Waals surface area contributed by atoms with Crippen molar-refractivity contribution in [1.82, 2.24) is 10.6 Å². The van der Waals surface area contributed by atoms with Gasteiger partial charge in [-0.25, -0.2) is 9.18 Å². The Bertz CT molecular complexity index is 567. The third-order valence-corrected chi connectivity index (χ3v) is 3.48. The lowest BCUT2D eigenvalue weighted by Gasteiger charge is -2.13. The largest absolute Gasteiger partial charge is 0.336 e. The summed E-state index contributed by atoms with van der Waals surface area (Å²) in [4.78, 5) is 23.0. The summed E-state index contributed by atoms with van der Waals surface area (Å²) in [7, 11) is 0. The fourth-order valence-electron chi connectivity index (χ4n) is 1.77. The highest BCUT2D eigenvalue weighted by molar-refractivity contribution is 6.35. The van der Waals surface area contributed by atoms with Gasteiger partial charge in [-0.2, -0.15) is 0 Å². The highest BCUT2D eigenvalue weighted by atomic mass is 35.5. The average Bonchev–Trinajstić information content (AvgIpc) is 2.39. The van der Waals surface area contributed by atoms with Crippen molar-refractivity contribution < 1.29 is 19.3 Å². The number of quaternary nitrogens is 1. The molecule has 0 aliphatic carbocycles. The molecule has 8 heteroatoms. The third kappa shape index (κ3) is 5.79. The molecule has 0 saturated carbocycles. The van der Waals surface area contributed by atoms with Crippen LogP contribution in [0.1, 0.15) is 32.4 Å². The molecule has 4 N–H and O–H groups in total. The van der Waals surface area contributed by atoms with Gasteiger partial charge in [0.2, 0.25) is 0 Å².